The Morgan fingerprint density at radius 1 is 0.568 bits per heavy atom. The van der Waals surface area contributed by atoms with E-state index in [0.29, 0.717) is 0 Å². The second-order valence-electron chi connectivity index (χ2n) is 9.76. The van der Waals surface area contributed by atoms with E-state index in [2.05, 4.69) is 145 Å². The maximum absolute atomic E-state index is 4.81. The van der Waals surface area contributed by atoms with Gasteiger partial charge in [0.2, 0.25) is 0 Å². The normalized spacial score (nSPS) is 19.4. The summed E-state index contributed by atoms with van der Waals surface area (Å²) in [4.78, 5) is 4.81. The lowest BCUT2D eigenvalue weighted by Crippen LogP contribution is -2.73. The lowest BCUT2D eigenvalue weighted by Gasteiger charge is -2.53. The van der Waals surface area contributed by atoms with Crippen LogP contribution in [0.15, 0.2) is 134 Å². The van der Waals surface area contributed by atoms with Crippen LogP contribution in [0, 0.1) is 0 Å². The van der Waals surface area contributed by atoms with Gasteiger partial charge in [-0.05, 0) is 73.3 Å². The third-order valence-corrected chi connectivity index (χ3v) is 7.83. The van der Waals surface area contributed by atoms with E-state index < -0.39 is 0 Å². The van der Waals surface area contributed by atoms with E-state index in [9.17, 15) is 0 Å². The van der Waals surface area contributed by atoms with E-state index in [1.807, 2.05) is 12.3 Å². The van der Waals surface area contributed by atoms with Crippen LogP contribution in [0.4, 0.5) is 0 Å². The molecule has 1 aromatic carbocycles. The predicted octanol–water partition coefficient (Wildman–Crippen LogP) is 4.14. The molecule has 8 rings (SSSR count). The van der Waals surface area contributed by atoms with Crippen LogP contribution < -0.4 is 0 Å². The molecule has 0 amide bonds. The number of pyridine rings is 1. The molecule has 3 aromatic rings. The molecular formula is C27H22B4N6. The van der Waals surface area contributed by atoms with E-state index >= 15 is 0 Å². The summed E-state index contributed by atoms with van der Waals surface area (Å²) in [5, 5.41) is 2.39. The minimum Gasteiger partial charge on any atom is -0.423 e. The third kappa shape index (κ3) is 3.02. The zero-order valence-electron chi connectivity index (χ0n) is 20.2. The molecule has 0 spiro atoms. The fourth-order valence-electron chi connectivity index (χ4n) is 6.23. The monoisotopic (exact) mass is 474 g/mol. The molecule has 1 saturated heterocycles. The number of allylic oxidation sites excluding steroid dienone is 8. The second kappa shape index (κ2) is 8.03. The van der Waals surface area contributed by atoms with Crippen LogP contribution in [0.3, 0.4) is 0 Å². The first-order valence-electron chi connectivity index (χ1n) is 12.8. The summed E-state index contributed by atoms with van der Waals surface area (Å²) in [5.41, 5.74) is 3.28. The molecule has 0 aliphatic carbocycles. The molecule has 10 heteroatoms. The van der Waals surface area contributed by atoms with Crippen molar-refractivity contribution in [3.63, 3.8) is 0 Å². The van der Waals surface area contributed by atoms with Gasteiger partial charge in [-0.3, -0.25) is 4.57 Å². The number of hydrogen-bond acceptors (Lipinski definition) is 5. The maximum Gasteiger partial charge on any atom is 0.382 e. The predicted molar refractivity (Wildman–Crippen MR) is 156 cm³/mol. The molecule has 6 nitrogen and oxygen atoms in total. The van der Waals surface area contributed by atoms with Gasteiger partial charge < -0.3 is 18.9 Å². The highest BCUT2D eigenvalue weighted by Gasteiger charge is 2.50. The Kier molecular flexibility index (Phi) is 4.50. The number of hydrogen-bond donors (Lipinski definition) is 0. The van der Waals surface area contributed by atoms with Crippen molar-refractivity contribution in [2.24, 2.45) is 0 Å². The van der Waals surface area contributed by atoms with Crippen molar-refractivity contribution in [3.05, 3.63) is 134 Å². The van der Waals surface area contributed by atoms with Gasteiger partial charge in [0.05, 0.1) is 5.52 Å². The molecule has 1 fully saturated rings. The molecule has 5 aliphatic rings. The first-order chi connectivity index (χ1) is 18.4. The van der Waals surface area contributed by atoms with Crippen LogP contribution in [0.1, 0.15) is 0 Å². The minimum atomic E-state index is -0.00460. The van der Waals surface area contributed by atoms with Crippen LogP contribution in [0.5, 0.6) is 0 Å². The van der Waals surface area contributed by atoms with Gasteiger partial charge in [-0.25, -0.2) is 4.98 Å². The Morgan fingerprint density at radius 2 is 1.16 bits per heavy atom. The average Bonchev–Trinajstić information content (AvgIpc) is 3.31. The van der Waals surface area contributed by atoms with Crippen molar-refractivity contribution in [2.45, 2.75) is 0 Å². The Morgan fingerprint density at radius 3 is 1.86 bits per heavy atom. The molecule has 5 aliphatic heterocycles. The smallest absolute Gasteiger partial charge is 0.382 e. The zero-order chi connectivity index (χ0) is 24.3. The van der Waals surface area contributed by atoms with Gasteiger partial charge >= 0.3 is 27.9 Å². The fourth-order valence-corrected chi connectivity index (χ4v) is 6.23. The summed E-state index contributed by atoms with van der Waals surface area (Å²) in [6.45, 7) is 0.254. The molecule has 0 N–H and O–H groups in total. The first-order valence-corrected chi connectivity index (χ1v) is 12.8. The Labute approximate surface area is 217 Å². The Bertz CT molecular complexity index is 1580. The highest BCUT2D eigenvalue weighted by atomic mass is 15.3. The highest BCUT2D eigenvalue weighted by molar-refractivity contribution is 6.92. The Balaban J connectivity index is 1.32. The number of benzene rings is 1. The summed E-state index contributed by atoms with van der Waals surface area (Å²) < 4.78 is 12.1. The summed E-state index contributed by atoms with van der Waals surface area (Å²) in [6.07, 6.45) is 25.9. The van der Waals surface area contributed by atoms with Gasteiger partial charge in [-0.15, -0.1) is 0 Å². The number of para-hydroxylation sites is 1. The van der Waals surface area contributed by atoms with E-state index in [0.717, 1.165) is 11.3 Å². The minimum absolute atomic E-state index is 0.00460. The zero-order valence-corrected chi connectivity index (χ0v) is 20.2. The SMILES string of the molecule is C1=CB2N(C=C1)B1C=CC=CN1B1C=C(n3c4ccccc4c4cccnc43)C=CN1B1C=CC=CN21. The summed E-state index contributed by atoms with van der Waals surface area (Å²) in [6, 6.07) is 12.8. The average molecular weight is 474 g/mol. The highest BCUT2D eigenvalue weighted by Crippen LogP contribution is 2.34. The third-order valence-electron chi connectivity index (χ3n) is 7.83. The quantitative estimate of drug-likeness (QED) is 0.496. The van der Waals surface area contributed by atoms with E-state index in [1.165, 1.54) is 16.3 Å². The van der Waals surface area contributed by atoms with Crippen LogP contribution >= 0.6 is 0 Å². The fraction of sp³-hybridized carbons (Fsp3) is 0. The molecule has 0 bridgehead atoms. The number of aromatic nitrogens is 2. The second-order valence-corrected chi connectivity index (χ2v) is 9.76. The van der Waals surface area contributed by atoms with Gasteiger partial charge in [0.25, 0.3) is 0 Å². The van der Waals surface area contributed by atoms with Crippen molar-refractivity contribution < 1.29 is 0 Å². The van der Waals surface area contributed by atoms with Crippen LogP contribution in [-0.2, 0) is 0 Å². The summed E-state index contributed by atoms with van der Waals surface area (Å²) >= 11 is 0. The van der Waals surface area contributed by atoms with Crippen molar-refractivity contribution >= 4 is 55.6 Å². The lowest BCUT2D eigenvalue weighted by atomic mass is 9.42. The molecule has 7 heterocycles. The van der Waals surface area contributed by atoms with Gasteiger partial charge in [0.15, 0.2) is 0 Å². The number of nitrogens with zero attached hydrogens (tertiary/aromatic N) is 6. The molecular weight excluding hydrogens is 452 g/mol. The van der Waals surface area contributed by atoms with E-state index in [1.54, 1.807) is 0 Å². The molecule has 0 atom stereocenters. The van der Waals surface area contributed by atoms with Crippen molar-refractivity contribution in [1.82, 2.24) is 28.4 Å². The maximum atomic E-state index is 4.81. The molecule has 37 heavy (non-hydrogen) atoms. The van der Waals surface area contributed by atoms with Gasteiger partial charge in [-0.1, -0.05) is 54.4 Å². The van der Waals surface area contributed by atoms with Gasteiger partial charge in [0.1, 0.15) is 5.65 Å². The summed E-state index contributed by atoms with van der Waals surface area (Å²) in [7, 11) is 0. The van der Waals surface area contributed by atoms with Crippen molar-refractivity contribution in [1.29, 1.82) is 0 Å². The van der Waals surface area contributed by atoms with Crippen molar-refractivity contribution in [2.75, 3.05) is 0 Å². The number of fused-ring (bicyclic) bond motifs is 11. The van der Waals surface area contributed by atoms with E-state index in [4.69, 9.17) is 4.98 Å². The first kappa shape index (κ1) is 20.7. The largest absolute Gasteiger partial charge is 0.423 e. The molecule has 0 radical (unpaired) electrons. The van der Waals surface area contributed by atoms with Crippen molar-refractivity contribution in [3.8, 4) is 0 Å². The van der Waals surface area contributed by atoms with Crippen LogP contribution in [-0.4, -0.2) is 56.4 Å². The molecule has 172 valence electrons. The Hall–Kier alpha value is -4.45. The van der Waals surface area contributed by atoms with Gasteiger partial charge in [-0.2, -0.15) is 0 Å². The molecule has 0 saturated carbocycles. The molecule has 0 unspecified atom stereocenters. The molecule has 2 aromatic heterocycles. The summed E-state index contributed by atoms with van der Waals surface area (Å²) in [5.74, 6) is 9.23. The standard InChI is InChI=1S/C27H22B4N6/c1-2-12-26-24(10-1)25-11-9-17-32-27(25)37(26)23-13-21-36-30-16-4-7-19-34(30)28-14-3-6-18-33(28)29-15-5-8-20-35(29)31(36)22-23/h1-22H. The lowest BCUT2D eigenvalue weighted by molar-refractivity contribution is 0.622. The van der Waals surface area contributed by atoms with Crippen LogP contribution in [0.2, 0.25) is 0 Å². The van der Waals surface area contributed by atoms with E-state index in [-0.39, 0.29) is 27.9 Å². The number of rotatable bonds is 1. The van der Waals surface area contributed by atoms with Crippen LogP contribution in [0.25, 0.3) is 27.6 Å². The topological polar surface area (TPSA) is 30.8 Å². The van der Waals surface area contributed by atoms with Gasteiger partial charge in [0, 0.05) is 22.7 Å².